The Hall–Kier alpha value is -2.28. The van der Waals surface area contributed by atoms with Crippen LogP contribution >= 0.6 is 0 Å². The maximum Gasteiger partial charge on any atom is 0.143 e. The van der Waals surface area contributed by atoms with E-state index in [1.165, 1.54) is 11.1 Å². The average Bonchev–Trinajstić information content (AvgIpc) is 2.82. The van der Waals surface area contributed by atoms with Crippen molar-refractivity contribution in [2.75, 3.05) is 51.9 Å². The number of piperidine rings is 1. The van der Waals surface area contributed by atoms with Crippen molar-refractivity contribution in [3.63, 3.8) is 0 Å². The molecule has 6 nitrogen and oxygen atoms in total. The van der Waals surface area contributed by atoms with Crippen LogP contribution in [0.4, 0.5) is 5.69 Å². The highest BCUT2D eigenvalue weighted by molar-refractivity contribution is 5.62. The van der Waals surface area contributed by atoms with Gasteiger partial charge in [0.2, 0.25) is 0 Å². The number of nitrogens with zero attached hydrogens (tertiary/aromatic N) is 1. The van der Waals surface area contributed by atoms with E-state index in [-0.39, 0.29) is 11.7 Å². The molecule has 2 aromatic carbocycles. The van der Waals surface area contributed by atoms with Crippen LogP contribution in [0.5, 0.6) is 11.5 Å². The molecule has 0 amide bonds. The molecule has 33 heavy (non-hydrogen) atoms. The van der Waals surface area contributed by atoms with Gasteiger partial charge in [0.25, 0.3) is 0 Å². The fourth-order valence-electron chi connectivity index (χ4n) is 4.90. The van der Waals surface area contributed by atoms with Gasteiger partial charge in [-0.3, -0.25) is 0 Å². The summed E-state index contributed by atoms with van der Waals surface area (Å²) in [6.45, 7) is 9.32. The average molecular weight is 455 g/mol. The van der Waals surface area contributed by atoms with Crippen molar-refractivity contribution >= 4 is 5.69 Å². The Morgan fingerprint density at radius 3 is 2.70 bits per heavy atom. The summed E-state index contributed by atoms with van der Waals surface area (Å²) in [5, 5.41) is 3.50. The van der Waals surface area contributed by atoms with Gasteiger partial charge >= 0.3 is 0 Å². The van der Waals surface area contributed by atoms with Crippen LogP contribution < -0.4 is 19.7 Å². The van der Waals surface area contributed by atoms with Crippen LogP contribution in [0, 0.1) is 0 Å². The number of benzene rings is 2. The quantitative estimate of drug-likeness (QED) is 0.568. The van der Waals surface area contributed by atoms with Crippen molar-refractivity contribution in [3.05, 3.63) is 53.6 Å². The summed E-state index contributed by atoms with van der Waals surface area (Å²) in [6, 6.07) is 14.9. The second-order valence-corrected chi connectivity index (χ2v) is 9.65. The number of methoxy groups -OCH3 is 2. The van der Waals surface area contributed by atoms with Crippen molar-refractivity contribution in [1.82, 2.24) is 5.32 Å². The molecule has 0 spiro atoms. The van der Waals surface area contributed by atoms with E-state index < -0.39 is 0 Å². The molecule has 2 aliphatic heterocycles. The predicted octanol–water partition coefficient (Wildman–Crippen LogP) is 4.37. The van der Waals surface area contributed by atoms with Crippen molar-refractivity contribution in [2.45, 2.75) is 50.9 Å². The van der Waals surface area contributed by atoms with Crippen LogP contribution in [-0.2, 0) is 16.1 Å². The summed E-state index contributed by atoms with van der Waals surface area (Å²) in [4.78, 5) is 2.42. The molecular formula is C27H38N2O4. The monoisotopic (exact) mass is 454 g/mol. The summed E-state index contributed by atoms with van der Waals surface area (Å²) in [5.41, 5.74) is 3.43. The Balaban J connectivity index is 1.45. The number of nitrogens with one attached hydrogen (secondary N) is 1. The second-order valence-electron chi connectivity index (χ2n) is 9.65. The lowest BCUT2D eigenvalue weighted by molar-refractivity contribution is 0.0105. The zero-order chi connectivity index (χ0) is 23.3. The molecule has 2 heterocycles. The van der Waals surface area contributed by atoms with E-state index in [2.05, 4.69) is 54.4 Å². The first kappa shape index (κ1) is 23.9. The number of ether oxygens (including phenoxy) is 4. The molecule has 0 aliphatic carbocycles. The molecule has 1 N–H and O–H groups in total. The van der Waals surface area contributed by atoms with Gasteiger partial charge in [-0.1, -0.05) is 18.2 Å². The molecular weight excluding hydrogens is 416 g/mol. The number of anilines is 1. The summed E-state index contributed by atoms with van der Waals surface area (Å²) in [6.07, 6.45) is 2.19. The van der Waals surface area contributed by atoms with Crippen LogP contribution in [0.1, 0.15) is 43.7 Å². The number of rotatable bonds is 9. The largest absolute Gasteiger partial charge is 0.497 e. The molecule has 4 rings (SSSR count). The zero-order valence-electron chi connectivity index (χ0n) is 20.4. The van der Waals surface area contributed by atoms with Gasteiger partial charge in [-0.2, -0.15) is 0 Å². The highest BCUT2D eigenvalue weighted by atomic mass is 16.5. The lowest BCUT2D eigenvalue weighted by atomic mass is 9.87. The number of hydrogen-bond acceptors (Lipinski definition) is 6. The molecule has 1 saturated heterocycles. The third-order valence-corrected chi connectivity index (χ3v) is 6.53. The third-order valence-electron chi connectivity index (χ3n) is 6.53. The van der Waals surface area contributed by atoms with Crippen LogP contribution in [0.15, 0.2) is 42.5 Å². The normalized spacial score (nSPS) is 21.9. The third kappa shape index (κ3) is 5.99. The van der Waals surface area contributed by atoms with E-state index >= 15 is 0 Å². The minimum atomic E-state index is -0.211. The van der Waals surface area contributed by atoms with Crippen molar-refractivity contribution < 1.29 is 18.9 Å². The van der Waals surface area contributed by atoms with E-state index in [0.717, 1.165) is 62.8 Å². The number of fused-ring (bicyclic) bond motifs is 1. The molecule has 0 radical (unpaired) electrons. The highest BCUT2D eigenvalue weighted by Gasteiger charge is 2.32. The summed E-state index contributed by atoms with van der Waals surface area (Å²) in [5.74, 6) is 2.21. The molecule has 2 aromatic rings. The minimum absolute atomic E-state index is 0.135. The van der Waals surface area contributed by atoms with Gasteiger partial charge in [0.05, 0.1) is 32.1 Å². The van der Waals surface area contributed by atoms with Crippen molar-refractivity contribution in [2.24, 2.45) is 0 Å². The standard InChI is InChI=1S/C27H38N2O4/c1-27(2)19-29(14-5-15-30-3)24-16-20(6-11-25(24)33-27)18-32-26-17-28-13-12-23(26)21-7-9-22(31-4)10-8-21/h6-11,16,23,26,28H,5,12-15,17-19H2,1-4H3. The Bertz CT molecular complexity index is 899. The van der Waals surface area contributed by atoms with E-state index in [1.807, 2.05) is 12.1 Å². The van der Waals surface area contributed by atoms with E-state index in [9.17, 15) is 0 Å². The maximum absolute atomic E-state index is 6.49. The van der Waals surface area contributed by atoms with Gasteiger partial charge in [-0.25, -0.2) is 0 Å². The van der Waals surface area contributed by atoms with Gasteiger partial charge < -0.3 is 29.2 Å². The summed E-state index contributed by atoms with van der Waals surface area (Å²) >= 11 is 0. The van der Waals surface area contributed by atoms with E-state index in [0.29, 0.717) is 12.5 Å². The fourth-order valence-corrected chi connectivity index (χ4v) is 4.90. The van der Waals surface area contributed by atoms with Gasteiger partial charge in [0, 0.05) is 32.7 Å². The van der Waals surface area contributed by atoms with Crippen molar-refractivity contribution in [3.8, 4) is 11.5 Å². The zero-order valence-corrected chi connectivity index (χ0v) is 20.4. The Labute approximate surface area is 198 Å². The smallest absolute Gasteiger partial charge is 0.143 e. The number of hydrogen-bond donors (Lipinski definition) is 1. The first-order valence-electron chi connectivity index (χ1n) is 12.0. The van der Waals surface area contributed by atoms with Crippen LogP contribution in [-0.4, -0.2) is 58.7 Å². The summed E-state index contributed by atoms with van der Waals surface area (Å²) < 4.78 is 23.3. The van der Waals surface area contributed by atoms with E-state index in [4.69, 9.17) is 18.9 Å². The van der Waals surface area contributed by atoms with E-state index in [1.54, 1.807) is 14.2 Å². The molecule has 180 valence electrons. The molecule has 1 fully saturated rings. The molecule has 6 heteroatoms. The first-order valence-corrected chi connectivity index (χ1v) is 12.0. The van der Waals surface area contributed by atoms with Crippen LogP contribution in [0.3, 0.4) is 0 Å². The molecule has 0 aromatic heterocycles. The Kier molecular flexibility index (Phi) is 7.78. The highest BCUT2D eigenvalue weighted by Crippen LogP contribution is 2.38. The first-order chi connectivity index (χ1) is 16.0. The second kappa shape index (κ2) is 10.8. The maximum atomic E-state index is 6.49. The fraction of sp³-hybridized carbons (Fsp3) is 0.556. The van der Waals surface area contributed by atoms with Gasteiger partial charge in [-0.05, 0) is 68.6 Å². The van der Waals surface area contributed by atoms with Gasteiger partial charge in [0.15, 0.2) is 0 Å². The predicted molar refractivity (Wildman–Crippen MR) is 132 cm³/mol. The summed E-state index contributed by atoms with van der Waals surface area (Å²) in [7, 11) is 3.46. The van der Waals surface area contributed by atoms with Gasteiger partial charge in [-0.15, -0.1) is 0 Å². The van der Waals surface area contributed by atoms with Crippen LogP contribution in [0.2, 0.25) is 0 Å². The minimum Gasteiger partial charge on any atom is -0.497 e. The molecule has 0 bridgehead atoms. The topological polar surface area (TPSA) is 52.2 Å². The molecule has 2 aliphatic rings. The van der Waals surface area contributed by atoms with Gasteiger partial charge in [0.1, 0.15) is 17.1 Å². The van der Waals surface area contributed by atoms with Crippen molar-refractivity contribution in [1.29, 1.82) is 0 Å². The SMILES string of the molecule is COCCCN1CC(C)(C)Oc2ccc(COC3CNCCC3c3ccc(OC)cc3)cc21. The molecule has 0 saturated carbocycles. The Morgan fingerprint density at radius 1 is 1.12 bits per heavy atom. The lowest BCUT2D eigenvalue weighted by Gasteiger charge is -2.41. The molecule has 2 atom stereocenters. The van der Waals surface area contributed by atoms with Crippen LogP contribution in [0.25, 0.3) is 0 Å². The Morgan fingerprint density at radius 2 is 1.94 bits per heavy atom. The molecule has 2 unspecified atom stereocenters. The lowest BCUT2D eigenvalue weighted by Crippen LogP contribution is -2.47.